The van der Waals surface area contributed by atoms with Gasteiger partial charge in [0, 0.05) is 22.1 Å². The molecule has 24 heavy (non-hydrogen) atoms. The highest BCUT2D eigenvalue weighted by atomic mass is 32.2. The summed E-state index contributed by atoms with van der Waals surface area (Å²) >= 11 is 4.97. The molecule has 1 aromatic carbocycles. The molecule has 3 heterocycles. The van der Waals surface area contributed by atoms with Gasteiger partial charge in [-0.15, -0.1) is 16.4 Å². The molecule has 0 unspecified atom stereocenters. The standard InChI is InChI=1S/C16H13N5S3/c1-2-4-12(5-3-1)8-21-16(18-19-20-21)24-11-14-10-23-15(17-14)13-6-7-22-9-13/h1-7,9-10H,8,11H2. The van der Waals surface area contributed by atoms with Gasteiger partial charge in [-0.25, -0.2) is 9.67 Å². The SMILES string of the molecule is c1ccc(Cn2nnnc2SCc2csc(-c3ccsc3)n2)cc1. The van der Waals surface area contributed by atoms with Crippen molar-refractivity contribution in [3.63, 3.8) is 0 Å². The van der Waals surface area contributed by atoms with Gasteiger partial charge in [0.25, 0.3) is 0 Å². The van der Waals surface area contributed by atoms with Gasteiger partial charge in [-0.2, -0.15) is 11.3 Å². The maximum absolute atomic E-state index is 4.69. The van der Waals surface area contributed by atoms with Gasteiger partial charge in [0.05, 0.1) is 12.2 Å². The number of tetrazole rings is 1. The average molecular weight is 372 g/mol. The van der Waals surface area contributed by atoms with E-state index in [1.165, 1.54) is 11.1 Å². The minimum atomic E-state index is 0.674. The van der Waals surface area contributed by atoms with E-state index in [9.17, 15) is 0 Å². The lowest BCUT2D eigenvalue weighted by molar-refractivity contribution is 0.603. The van der Waals surface area contributed by atoms with E-state index in [2.05, 4.69) is 49.9 Å². The van der Waals surface area contributed by atoms with Gasteiger partial charge < -0.3 is 0 Å². The Morgan fingerprint density at radius 3 is 2.83 bits per heavy atom. The second-order valence-electron chi connectivity index (χ2n) is 5.05. The van der Waals surface area contributed by atoms with Gasteiger partial charge in [0.15, 0.2) is 0 Å². The Labute approximate surface area is 151 Å². The summed E-state index contributed by atoms with van der Waals surface area (Å²) in [4.78, 5) is 4.69. The molecule has 0 aliphatic heterocycles. The smallest absolute Gasteiger partial charge is 0.210 e. The van der Waals surface area contributed by atoms with E-state index in [0.717, 1.165) is 21.6 Å². The van der Waals surface area contributed by atoms with Crippen molar-refractivity contribution in [2.75, 3.05) is 0 Å². The van der Waals surface area contributed by atoms with E-state index in [-0.39, 0.29) is 0 Å². The zero-order valence-corrected chi connectivity index (χ0v) is 15.0. The van der Waals surface area contributed by atoms with Gasteiger partial charge in [-0.05, 0) is 27.4 Å². The van der Waals surface area contributed by atoms with Crippen LogP contribution < -0.4 is 0 Å². The van der Waals surface area contributed by atoms with Crippen LogP contribution in [0.2, 0.25) is 0 Å². The van der Waals surface area contributed by atoms with Crippen molar-refractivity contribution < 1.29 is 0 Å². The second-order valence-corrected chi connectivity index (χ2v) is 7.63. The molecule has 0 spiro atoms. The van der Waals surface area contributed by atoms with E-state index < -0.39 is 0 Å². The molecule has 8 heteroatoms. The first-order valence-corrected chi connectivity index (χ1v) is 10.1. The number of thioether (sulfide) groups is 1. The molecular formula is C16H13N5S3. The first kappa shape index (κ1) is 15.5. The number of hydrogen-bond donors (Lipinski definition) is 0. The number of hydrogen-bond acceptors (Lipinski definition) is 7. The van der Waals surface area contributed by atoms with Crippen molar-refractivity contribution >= 4 is 34.4 Å². The Kier molecular flexibility index (Phi) is 4.68. The Morgan fingerprint density at radius 1 is 1.08 bits per heavy atom. The first-order valence-electron chi connectivity index (χ1n) is 7.28. The van der Waals surface area contributed by atoms with Crippen molar-refractivity contribution in [3.05, 3.63) is 63.8 Å². The van der Waals surface area contributed by atoms with Crippen molar-refractivity contribution in [1.29, 1.82) is 0 Å². The zero-order chi connectivity index (χ0) is 16.2. The Morgan fingerprint density at radius 2 is 2.00 bits per heavy atom. The monoisotopic (exact) mass is 371 g/mol. The normalized spacial score (nSPS) is 11.0. The van der Waals surface area contributed by atoms with Crippen LogP contribution in [-0.4, -0.2) is 25.2 Å². The van der Waals surface area contributed by atoms with Crippen LogP contribution in [0, 0.1) is 0 Å². The van der Waals surface area contributed by atoms with Gasteiger partial charge in [-0.1, -0.05) is 42.1 Å². The third-order valence-corrected chi connectivity index (χ3v) is 5.96. The van der Waals surface area contributed by atoms with Crippen molar-refractivity contribution in [2.45, 2.75) is 17.5 Å². The van der Waals surface area contributed by atoms with Crippen LogP contribution in [0.1, 0.15) is 11.3 Å². The van der Waals surface area contributed by atoms with Crippen LogP contribution in [0.3, 0.4) is 0 Å². The number of thiophene rings is 1. The highest BCUT2D eigenvalue weighted by Gasteiger charge is 2.10. The second kappa shape index (κ2) is 7.25. The summed E-state index contributed by atoms with van der Waals surface area (Å²) < 4.78 is 1.83. The summed E-state index contributed by atoms with van der Waals surface area (Å²) in [6.45, 7) is 0.674. The van der Waals surface area contributed by atoms with Gasteiger partial charge in [-0.3, -0.25) is 0 Å². The number of nitrogens with zero attached hydrogens (tertiary/aromatic N) is 5. The molecule has 3 aromatic heterocycles. The zero-order valence-electron chi connectivity index (χ0n) is 12.6. The summed E-state index contributed by atoms with van der Waals surface area (Å²) in [5, 5.41) is 20.2. The average Bonchev–Trinajstić information content (AvgIpc) is 3.36. The molecule has 0 aliphatic carbocycles. The molecule has 0 atom stereocenters. The van der Waals surface area contributed by atoms with Crippen molar-refractivity contribution in [2.24, 2.45) is 0 Å². The molecule has 4 rings (SSSR count). The Bertz CT molecular complexity index is 899. The quantitative estimate of drug-likeness (QED) is 0.476. The third-order valence-electron chi connectivity index (χ3n) is 3.34. The van der Waals surface area contributed by atoms with Crippen LogP contribution in [0.5, 0.6) is 0 Å². The van der Waals surface area contributed by atoms with E-state index in [4.69, 9.17) is 4.98 Å². The molecule has 5 nitrogen and oxygen atoms in total. The maximum Gasteiger partial charge on any atom is 0.210 e. The fourth-order valence-corrected chi connectivity index (χ4v) is 4.59. The predicted molar refractivity (Wildman–Crippen MR) is 98.3 cm³/mol. The lowest BCUT2D eigenvalue weighted by Crippen LogP contribution is -2.03. The molecule has 0 saturated carbocycles. The van der Waals surface area contributed by atoms with Crippen LogP contribution in [0.25, 0.3) is 10.6 Å². The van der Waals surface area contributed by atoms with E-state index in [0.29, 0.717) is 6.54 Å². The number of rotatable bonds is 6. The van der Waals surface area contributed by atoms with Crippen molar-refractivity contribution in [1.82, 2.24) is 25.2 Å². The Hall–Kier alpha value is -2.03. The molecule has 120 valence electrons. The maximum atomic E-state index is 4.69. The van der Waals surface area contributed by atoms with Gasteiger partial charge in [0.1, 0.15) is 5.01 Å². The lowest BCUT2D eigenvalue weighted by Gasteiger charge is -2.03. The summed E-state index contributed by atoms with van der Waals surface area (Å²) in [5.41, 5.74) is 3.43. The molecule has 0 aliphatic rings. The molecular weight excluding hydrogens is 358 g/mol. The molecule has 0 saturated heterocycles. The van der Waals surface area contributed by atoms with Gasteiger partial charge >= 0.3 is 0 Å². The molecule has 0 radical (unpaired) electrons. The summed E-state index contributed by atoms with van der Waals surface area (Å²) in [5.74, 6) is 0.760. The summed E-state index contributed by atoms with van der Waals surface area (Å²) in [7, 11) is 0. The number of benzene rings is 1. The molecule has 0 bridgehead atoms. The topological polar surface area (TPSA) is 56.5 Å². The fourth-order valence-electron chi connectivity index (χ4n) is 2.19. The summed E-state index contributed by atoms with van der Waals surface area (Å²) in [6.07, 6.45) is 0. The number of aromatic nitrogens is 5. The first-order chi connectivity index (χ1) is 11.9. The highest BCUT2D eigenvalue weighted by molar-refractivity contribution is 7.98. The fraction of sp³-hybridized carbons (Fsp3) is 0.125. The largest absolute Gasteiger partial charge is 0.240 e. The van der Waals surface area contributed by atoms with Crippen molar-refractivity contribution in [3.8, 4) is 10.6 Å². The van der Waals surface area contributed by atoms with E-state index in [1.54, 1.807) is 34.4 Å². The molecule has 4 aromatic rings. The predicted octanol–water partition coefficient (Wildman–Crippen LogP) is 4.20. The minimum Gasteiger partial charge on any atom is -0.240 e. The van der Waals surface area contributed by atoms with Crippen LogP contribution in [0.4, 0.5) is 0 Å². The molecule has 0 N–H and O–H groups in total. The highest BCUT2D eigenvalue weighted by Crippen LogP contribution is 2.28. The third kappa shape index (κ3) is 3.55. The van der Waals surface area contributed by atoms with E-state index in [1.807, 2.05) is 22.9 Å². The summed E-state index contributed by atoms with van der Waals surface area (Å²) in [6, 6.07) is 12.3. The van der Waals surface area contributed by atoms with Crippen LogP contribution >= 0.6 is 34.4 Å². The van der Waals surface area contributed by atoms with Crippen LogP contribution in [0.15, 0.2) is 57.7 Å². The molecule has 0 amide bonds. The molecule has 0 fully saturated rings. The van der Waals surface area contributed by atoms with E-state index >= 15 is 0 Å². The minimum absolute atomic E-state index is 0.674. The number of thiazole rings is 1. The van der Waals surface area contributed by atoms with Crippen LogP contribution in [-0.2, 0) is 12.3 Å². The van der Waals surface area contributed by atoms with Gasteiger partial charge in [0.2, 0.25) is 5.16 Å². The lowest BCUT2D eigenvalue weighted by atomic mass is 10.2. The Balaban J connectivity index is 1.43.